The van der Waals surface area contributed by atoms with E-state index in [1.807, 2.05) is 0 Å². The summed E-state index contributed by atoms with van der Waals surface area (Å²) < 4.78 is 0. The zero-order chi connectivity index (χ0) is 13.8. The van der Waals surface area contributed by atoms with Gasteiger partial charge in [0.1, 0.15) is 0 Å². The molecule has 0 N–H and O–H groups in total. The Kier molecular flexibility index (Phi) is 4.63. The Hall–Kier alpha value is -1.30. The fourth-order valence-electron chi connectivity index (χ4n) is 3.12. The number of benzene rings is 2. The zero-order valence-electron chi connectivity index (χ0n) is 12.8. The van der Waals surface area contributed by atoms with Crippen molar-refractivity contribution in [3.05, 3.63) is 46.5 Å². The third-order valence-electron chi connectivity index (χ3n) is 4.32. The van der Waals surface area contributed by atoms with E-state index in [2.05, 4.69) is 52.0 Å². The maximum absolute atomic E-state index is 2.31. The largest absolute Gasteiger partial charge is 0.0654 e. The van der Waals surface area contributed by atoms with E-state index in [4.69, 9.17) is 0 Å². The van der Waals surface area contributed by atoms with Gasteiger partial charge in [-0.25, -0.2) is 0 Å². The van der Waals surface area contributed by atoms with Crippen LogP contribution in [-0.4, -0.2) is 0 Å². The van der Waals surface area contributed by atoms with E-state index in [1.165, 1.54) is 54.0 Å². The van der Waals surface area contributed by atoms with Crippen LogP contribution in [0.15, 0.2) is 24.3 Å². The smallest absolute Gasteiger partial charge is 0.0146 e. The number of hydrogen-bond donors (Lipinski definition) is 0. The number of unbranched alkanes of at least 4 members (excludes halogenated alkanes) is 1. The van der Waals surface area contributed by atoms with Crippen LogP contribution in [0.25, 0.3) is 10.8 Å². The van der Waals surface area contributed by atoms with Crippen LogP contribution in [-0.2, 0) is 12.8 Å². The molecule has 19 heavy (non-hydrogen) atoms. The molecule has 0 saturated carbocycles. The fraction of sp³-hybridized carbons (Fsp3) is 0.474. The maximum atomic E-state index is 2.31. The molecule has 0 aromatic heterocycles. The summed E-state index contributed by atoms with van der Waals surface area (Å²) >= 11 is 0. The van der Waals surface area contributed by atoms with Crippen molar-refractivity contribution >= 4 is 10.8 Å². The lowest BCUT2D eigenvalue weighted by Crippen LogP contribution is -2.02. The van der Waals surface area contributed by atoms with Crippen molar-refractivity contribution in [2.24, 2.45) is 0 Å². The lowest BCUT2D eigenvalue weighted by atomic mass is 9.86. The lowest BCUT2D eigenvalue weighted by Gasteiger charge is -2.19. The summed E-state index contributed by atoms with van der Waals surface area (Å²) in [7, 11) is 0. The molecule has 0 aliphatic rings. The van der Waals surface area contributed by atoms with Gasteiger partial charge < -0.3 is 0 Å². The molecule has 0 saturated heterocycles. The van der Waals surface area contributed by atoms with Crippen molar-refractivity contribution in [1.29, 1.82) is 0 Å². The average molecular weight is 254 g/mol. The van der Waals surface area contributed by atoms with E-state index < -0.39 is 0 Å². The molecule has 0 aliphatic carbocycles. The molecule has 0 aliphatic heterocycles. The van der Waals surface area contributed by atoms with Gasteiger partial charge in [0.25, 0.3) is 0 Å². The highest BCUT2D eigenvalue weighted by Gasteiger charge is 2.13. The van der Waals surface area contributed by atoms with Crippen LogP contribution in [0.5, 0.6) is 0 Å². The van der Waals surface area contributed by atoms with E-state index >= 15 is 0 Å². The van der Waals surface area contributed by atoms with Crippen molar-refractivity contribution in [1.82, 2.24) is 0 Å². The minimum Gasteiger partial charge on any atom is -0.0654 e. The van der Waals surface area contributed by atoms with Crippen molar-refractivity contribution in [3.8, 4) is 0 Å². The minimum atomic E-state index is 1.22. The number of aryl methyl sites for hydroxylation is 2. The number of rotatable bonds is 5. The van der Waals surface area contributed by atoms with Gasteiger partial charge in [-0.15, -0.1) is 0 Å². The summed E-state index contributed by atoms with van der Waals surface area (Å²) in [6.07, 6.45) is 6.25. The Morgan fingerprint density at radius 3 is 2.05 bits per heavy atom. The van der Waals surface area contributed by atoms with Gasteiger partial charge in [-0.05, 0) is 66.1 Å². The molecular formula is C19H26. The fourth-order valence-corrected chi connectivity index (χ4v) is 3.12. The van der Waals surface area contributed by atoms with Crippen LogP contribution in [0.3, 0.4) is 0 Å². The van der Waals surface area contributed by atoms with Gasteiger partial charge in [0.05, 0.1) is 0 Å². The third kappa shape index (κ3) is 2.68. The van der Waals surface area contributed by atoms with Gasteiger partial charge in [-0.1, -0.05) is 51.0 Å². The Labute approximate surface area is 117 Å². The Bertz CT molecular complexity index is 564. The summed E-state index contributed by atoms with van der Waals surface area (Å²) in [4.78, 5) is 0. The van der Waals surface area contributed by atoms with Crippen molar-refractivity contribution in [2.45, 2.75) is 59.8 Å². The summed E-state index contributed by atoms with van der Waals surface area (Å²) in [5.41, 5.74) is 6.22. The summed E-state index contributed by atoms with van der Waals surface area (Å²) in [6, 6.07) is 8.94. The Morgan fingerprint density at radius 1 is 0.737 bits per heavy atom. The minimum absolute atomic E-state index is 1.22. The molecular weight excluding hydrogens is 228 g/mol. The first-order valence-electron chi connectivity index (χ1n) is 7.70. The van der Waals surface area contributed by atoms with Crippen LogP contribution in [0, 0.1) is 13.8 Å². The second-order valence-electron chi connectivity index (χ2n) is 5.61. The average Bonchev–Trinajstić information content (AvgIpc) is 2.44. The number of hydrogen-bond acceptors (Lipinski definition) is 0. The summed E-state index contributed by atoms with van der Waals surface area (Å²) in [5, 5.41) is 2.94. The quantitative estimate of drug-likeness (QED) is 0.637. The van der Waals surface area contributed by atoms with Crippen molar-refractivity contribution < 1.29 is 0 Å². The topological polar surface area (TPSA) is 0 Å². The highest BCUT2D eigenvalue weighted by molar-refractivity contribution is 5.91. The van der Waals surface area contributed by atoms with Gasteiger partial charge in [0, 0.05) is 0 Å². The molecule has 0 nitrogen and oxygen atoms in total. The van der Waals surface area contributed by atoms with Crippen LogP contribution in [0.2, 0.25) is 0 Å². The first-order chi connectivity index (χ1) is 9.20. The van der Waals surface area contributed by atoms with Crippen LogP contribution < -0.4 is 0 Å². The molecule has 2 rings (SSSR count). The standard InChI is InChI=1S/C19H26/c1-5-7-11-18-16(10-6-2)14(3)15(4)17-12-8-9-13-19(17)18/h8-9,12-13H,5-7,10-11H2,1-4H3. The van der Waals surface area contributed by atoms with Gasteiger partial charge >= 0.3 is 0 Å². The van der Waals surface area contributed by atoms with Crippen LogP contribution in [0.4, 0.5) is 0 Å². The third-order valence-corrected chi connectivity index (χ3v) is 4.32. The molecule has 0 atom stereocenters. The molecule has 0 radical (unpaired) electrons. The highest BCUT2D eigenvalue weighted by Crippen LogP contribution is 2.31. The summed E-state index contributed by atoms with van der Waals surface area (Å²) in [5.74, 6) is 0. The first-order valence-corrected chi connectivity index (χ1v) is 7.70. The molecule has 0 spiro atoms. The monoisotopic (exact) mass is 254 g/mol. The lowest BCUT2D eigenvalue weighted by molar-refractivity contribution is 0.782. The SMILES string of the molecule is CCCCc1c(CCC)c(C)c(C)c2ccccc12. The molecule has 0 unspecified atom stereocenters. The predicted octanol–water partition coefficient (Wildman–Crippen LogP) is 5.75. The molecule has 2 aromatic rings. The summed E-state index contributed by atoms with van der Waals surface area (Å²) in [6.45, 7) is 9.15. The highest BCUT2D eigenvalue weighted by atomic mass is 14.2. The molecule has 0 heteroatoms. The Balaban J connectivity index is 2.70. The second-order valence-corrected chi connectivity index (χ2v) is 5.61. The van der Waals surface area contributed by atoms with Gasteiger partial charge in [0.2, 0.25) is 0 Å². The molecule has 0 fully saturated rings. The maximum Gasteiger partial charge on any atom is -0.0146 e. The van der Waals surface area contributed by atoms with Gasteiger partial charge in [0.15, 0.2) is 0 Å². The van der Waals surface area contributed by atoms with E-state index in [1.54, 1.807) is 11.1 Å². The van der Waals surface area contributed by atoms with Crippen LogP contribution >= 0.6 is 0 Å². The molecule has 2 aromatic carbocycles. The normalized spacial score (nSPS) is 11.2. The van der Waals surface area contributed by atoms with Crippen molar-refractivity contribution in [3.63, 3.8) is 0 Å². The van der Waals surface area contributed by atoms with E-state index in [-0.39, 0.29) is 0 Å². The van der Waals surface area contributed by atoms with Gasteiger partial charge in [-0.2, -0.15) is 0 Å². The van der Waals surface area contributed by atoms with E-state index in [9.17, 15) is 0 Å². The molecule has 0 amide bonds. The number of fused-ring (bicyclic) bond motifs is 1. The molecule has 0 bridgehead atoms. The van der Waals surface area contributed by atoms with E-state index in [0.717, 1.165) is 0 Å². The molecule has 102 valence electrons. The van der Waals surface area contributed by atoms with E-state index in [0.29, 0.717) is 0 Å². The molecule has 0 heterocycles. The second kappa shape index (κ2) is 6.23. The van der Waals surface area contributed by atoms with Gasteiger partial charge in [-0.3, -0.25) is 0 Å². The van der Waals surface area contributed by atoms with Crippen molar-refractivity contribution in [2.75, 3.05) is 0 Å². The predicted molar refractivity (Wildman–Crippen MR) is 86.0 cm³/mol. The first kappa shape index (κ1) is 14.1. The zero-order valence-corrected chi connectivity index (χ0v) is 12.8. The Morgan fingerprint density at radius 2 is 1.42 bits per heavy atom. The van der Waals surface area contributed by atoms with Crippen LogP contribution in [0.1, 0.15) is 55.4 Å².